The monoisotopic (exact) mass is 371 g/mol. The number of pyridine rings is 1. The molecule has 1 aromatic heterocycles. The van der Waals surface area contributed by atoms with Crippen molar-refractivity contribution in [2.24, 2.45) is 0 Å². The average molecular weight is 372 g/mol. The Morgan fingerprint density at radius 3 is 2.68 bits per heavy atom. The highest BCUT2D eigenvalue weighted by molar-refractivity contribution is 6.34. The van der Waals surface area contributed by atoms with Crippen molar-refractivity contribution in [1.82, 2.24) is 4.98 Å². The molecule has 0 aliphatic rings. The number of allylic oxidation sites excluding steroid dienone is 1. The fraction of sp³-hybridized carbons (Fsp3) is 0.188. The first-order valence-corrected chi connectivity index (χ1v) is 7.46. The van der Waals surface area contributed by atoms with E-state index < -0.39 is 23.4 Å². The first-order valence-electron chi connectivity index (χ1n) is 7.09. The van der Waals surface area contributed by atoms with Gasteiger partial charge in [0.1, 0.15) is 16.4 Å². The Labute approximate surface area is 146 Å². The van der Waals surface area contributed by atoms with Crippen LogP contribution >= 0.6 is 11.6 Å². The van der Waals surface area contributed by atoms with Crippen molar-refractivity contribution in [1.29, 1.82) is 5.41 Å². The largest absolute Gasteiger partial charge is 0.462 e. The number of rotatable bonds is 5. The lowest BCUT2D eigenvalue weighted by molar-refractivity contribution is -0.139. The van der Waals surface area contributed by atoms with Gasteiger partial charge >= 0.3 is 12.1 Å². The van der Waals surface area contributed by atoms with Gasteiger partial charge in [-0.2, -0.15) is 13.2 Å². The van der Waals surface area contributed by atoms with Gasteiger partial charge < -0.3 is 15.5 Å². The molecule has 0 unspecified atom stereocenters. The van der Waals surface area contributed by atoms with Crippen molar-refractivity contribution < 1.29 is 22.7 Å². The molecule has 0 atom stereocenters. The van der Waals surface area contributed by atoms with Crippen molar-refractivity contribution in [3.05, 3.63) is 46.9 Å². The molecule has 0 saturated carbocycles. The molecule has 0 radical (unpaired) electrons. The van der Waals surface area contributed by atoms with Gasteiger partial charge in [0.05, 0.1) is 6.61 Å². The van der Waals surface area contributed by atoms with Gasteiger partial charge in [0.15, 0.2) is 0 Å². The molecule has 0 fully saturated rings. The molecular formula is C16H13ClF3N3O2. The van der Waals surface area contributed by atoms with E-state index in [1.165, 1.54) is 31.3 Å². The highest BCUT2D eigenvalue weighted by atomic mass is 35.5. The maximum atomic E-state index is 13.5. The Kier molecular flexibility index (Phi) is 5.63. The number of carbonyl (C=O) groups is 1. The maximum absolute atomic E-state index is 13.5. The fourth-order valence-electron chi connectivity index (χ4n) is 2.15. The molecule has 1 heterocycles. The van der Waals surface area contributed by atoms with E-state index in [9.17, 15) is 18.0 Å². The Balaban J connectivity index is 2.61. The summed E-state index contributed by atoms with van der Waals surface area (Å²) in [6.07, 6.45) is -3.23. The number of nitrogens with one attached hydrogen (secondary N) is 2. The first kappa shape index (κ1) is 18.7. The van der Waals surface area contributed by atoms with Crippen molar-refractivity contribution in [2.45, 2.75) is 13.1 Å². The number of carbonyl (C=O) groups excluding carboxylic acids is 1. The number of aromatic nitrogens is 1. The van der Waals surface area contributed by atoms with Gasteiger partial charge in [-0.05, 0) is 19.1 Å². The summed E-state index contributed by atoms with van der Waals surface area (Å²) in [5.41, 5.74) is -2.24. The summed E-state index contributed by atoms with van der Waals surface area (Å²) in [6, 6.07) is 6.00. The minimum atomic E-state index is -4.90. The number of ether oxygens (including phenoxy) is 1. The van der Waals surface area contributed by atoms with Gasteiger partial charge in [0.25, 0.3) is 0 Å². The quantitative estimate of drug-likeness (QED) is 0.355. The van der Waals surface area contributed by atoms with Crippen LogP contribution in [0, 0.1) is 5.41 Å². The molecule has 25 heavy (non-hydrogen) atoms. The van der Waals surface area contributed by atoms with Crippen molar-refractivity contribution in [3.63, 3.8) is 0 Å². The molecule has 0 spiro atoms. The molecule has 132 valence electrons. The van der Waals surface area contributed by atoms with E-state index in [2.05, 4.69) is 15.0 Å². The van der Waals surface area contributed by atoms with Gasteiger partial charge in [0, 0.05) is 28.9 Å². The number of halogens is 4. The minimum Gasteiger partial charge on any atom is -0.462 e. The molecule has 2 aromatic rings. The molecule has 2 N–H and O–H groups in total. The number of esters is 1. The van der Waals surface area contributed by atoms with Crippen molar-refractivity contribution in [2.75, 3.05) is 11.9 Å². The third-order valence-corrected chi connectivity index (χ3v) is 3.51. The zero-order chi connectivity index (χ0) is 18.6. The number of nitrogens with zero attached hydrogens (tertiary/aromatic N) is 1. The molecule has 0 aliphatic carbocycles. The van der Waals surface area contributed by atoms with Gasteiger partial charge in [-0.3, -0.25) is 0 Å². The SMILES string of the molecule is CCOC(=O)/C(C=N)=C(/Nc1cccc2c(Cl)nccc12)C(F)(F)F. The number of alkyl halides is 3. The topological polar surface area (TPSA) is 75.1 Å². The lowest BCUT2D eigenvalue weighted by atomic mass is 10.1. The van der Waals surface area contributed by atoms with E-state index >= 15 is 0 Å². The molecule has 0 aliphatic heterocycles. The number of benzene rings is 1. The maximum Gasteiger partial charge on any atom is 0.432 e. The molecular weight excluding hydrogens is 359 g/mol. The van der Waals surface area contributed by atoms with Gasteiger partial charge in [-0.15, -0.1) is 0 Å². The normalized spacial score (nSPS) is 12.5. The van der Waals surface area contributed by atoms with Gasteiger partial charge in [-0.25, -0.2) is 9.78 Å². The Morgan fingerprint density at radius 1 is 1.36 bits per heavy atom. The number of fused-ring (bicyclic) bond motifs is 1. The van der Waals surface area contributed by atoms with Crippen LogP contribution in [0.15, 0.2) is 41.7 Å². The molecule has 0 amide bonds. The Hall–Kier alpha value is -2.61. The predicted molar refractivity (Wildman–Crippen MR) is 88.9 cm³/mol. The van der Waals surface area contributed by atoms with Crippen molar-refractivity contribution >= 4 is 40.2 Å². The summed E-state index contributed by atoms with van der Waals surface area (Å²) >= 11 is 5.95. The van der Waals surface area contributed by atoms with Crippen LogP contribution in [-0.4, -0.2) is 30.0 Å². The highest BCUT2D eigenvalue weighted by Gasteiger charge is 2.39. The van der Waals surface area contributed by atoms with Crippen LogP contribution in [-0.2, 0) is 9.53 Å². The number of hydrogen-bond acceptors (Lipinski definition) is 5. The Bertz CT molecular complexity index is 850. The van der Waals surface area contributed by atoms with E-state index in [-0.39, 0.29) is 17.4 Å². The first-order chi connectivity index (χ1) is 11.8. The van der Waals surface area contributed by atoms with Crippen LogP contribution in [0.4, 0.5) is 18.9 Å². The number of hydrogen-bond donors (Lipinski definition) is 2. The zero-order valence-electron chi connectivity index (χ0n) is 12.9. The number of anilines is 1. The molecule has 0 saturated heterocycles. The summed E-state index contributed by atoms with van der Waals surface area (Å²) in [5, 5.41) is 10.4. The lowest BCUT2D eigenvalue weighted by Crippen LogP contribution is -2.25. The van der Waals surface area contributed by atoms with Gasteiger partial charge in [0.2, 0.25) is 0 Å². The van der Waals surface area contributed by atoms with E-state index in [1.807, 2.05) is 0 Å². The molecule has 5 nitrogen and oxygen atoms in total. The second kappa shape index (κ2) is 7.52. The lowest BCUT2D eigenvalue weighted by Gasteiger charge is -2.18. The summed E-state index contributed by atoms with van der Waals surface area (Å²) in [4.78, 5) is 15.6. The summed E-state index contributed by atoms with van der Waals surface area (Å²) in [6.45, 7) is 1.34. The summed E-state index contributed by atoms with van der Waals surface area (Å²) < 4.78 is 45.0. The smallest absolute Gasteiger partial charge is 0.432 e. The van der Waals surface area contributed by atoms with E-state index in [1.54, 1.807) is 6.07 Å². The Morgan fingerprint density at radius 2 is 2.08 bits per heavy atom. The third kappa shape index (κ3) is 4.08. The second-order valence-electron chi connectivity index (χ2n) is 4.78. The van der Waals surface area contributed by atoms with E-state index in [0.717, 1.165) is 0 Å². The summed E-state index contributed by atoms with van der Waals surface area (Å²) in [7, 11) is 0. The molecule has 9 heteroatoms. The van der Waals surface area contributed by atoms with Crippen LogP contribution in [0.2, 0.25) is 5.15 Å². The van der Waals surface area contributed by atoms with Crippen LogP contribution in [0.3, 0.4) is 0 Å². The van der Waals surface area contributed by atoms with Crippen LogP contribution < -0.4 is 5.32 Å². The van der Waals surface area contributed by atoms with Crippen LogP contribution in [0.1, 0.15) is 6.92 Å². The zero-order valence-corrected chi connectivity index (χ0v) is 13.7. The minimum absolute atomic E-state index is 0.0674. The van der Waals surface area contributed by atoms with Crippen molar-refractivity contribution in [3.8, 4) is 0 Å². The standard InChI is InChI=1S/C16H13ClF3N3O2/c1-2-25-15(24)11(8-21)13(16(18,19)20)23-12-5-3-4-10-9(12)6-7-22-14(10)17/h3-8,21,23H,2H2,1H3/b13-11+,21-8?. The second-order valence-corrected chi connectivity index (χ2v) is 5.14. The average Bonchev–Trinajstić information content (AvgIpc) is 2.55. The van der Waals surface area contributed by atoms with Gasteiger partial charge in [-0.1, -0.05) is 23.7 Å². The van der Waals surface area contributed by atoms with E-state index in [4.69, 9.17) is 17.0 Å². The summed E-state index contributed by atoms with van der Waals surface area (Å²) in [5.74, 6) is -1.24. The predicted octanol–water partition coefficient (Wildman–Crippen LogP) is 4.33. The third-order valence-electron chi connectivity index (χ3n) is 3.21. The van der Waals surface area contributed by atoms with E-state index in [0.29, 0.717) is 17.0 Å². The molecule has 1 aromatic carbocycles. The molecule has 2 rings (SSSR count). The van der Waals surface area contributed by atoms with Crippen LogP contribution in [0.5, 0.6) is 0 Å². The molecule has 0 bridgehead atoms. The van der Waals surface area contributed by atoms with Crippen LogP contribution in [0.25, 0.3) is 10.8 Å². The fourth-order valence-corrected chi connectivity index (χ4v) is 2.37. The highest BCUT2D eigenvalue weighted by Crippen LogP contribution is 2.33.